The number of nitrogens with zero attached hydrogens (tertiary/aromatic N) is 2. The van der Waals surface area contributed by atoms with Crippen LogP contribution in [0.3, 0.4) is 0 Å². The van der Waals surface area contributed by atoms with Gasteiger partial charge in [-0.25, -0.2) is 4.39 Å². The Labute approximate surface area is 128 Å². The fourth-order valence-electron chi connectivity index (χ4n) is 2.71. The van der Waals surface area contributed by atoms with Crippen LogP contribution >= 0.6 is 11.6 Å². The van der Waals surface area contributed by atoms with Gasteiger partial charge in [0.2, 0.25) is 0 Å². The van der Waals surface area contributed by atoms with Crippen LogP contribution < -0.4 is 15.5 Å². The summed E-state index contributed by atoms with van der Waals surface area (Å²) in [6.45, 7) is 3.39. The summed E-state index contributed by atoms with van der Waals surface area (Å²) in [5, 5.41) is 0.685. The number of halogens is 2. The van der Waals surface area contributed by atoms with Crippen molar-refractivity contribution < 1.29 is 4.39 Å². The van der Waals surface area contributed by atoms with Crippen molar-refractivity contribution in [3.05, 3.63) is 53.3 Å². The molecule has 5 heteroatoms. The predicted molar refractivity (Wildman–Crippen MR) is 86.7 cm³/mol. The summed E-state index contributed by atoms with van der Waals surface area (Å²) in [6.07, 6.45) is 0. The van der Waals surface area contributed by atoms with Crippen molar-refractivity contribution in [2.24, 2.45) is 0 Å². The SMILES string of the molecule is Nc1cccc(Cl)c1N1CCN(c2ccc(F)cc2)CC1. The van der Waals surface area contributed by atoms with Crippen LogP contribution in [0.25, 0.3) is 0 Å². The van der Waals surface area contributed by atoms with Crippen LogP contribution in [0.1, 0.15) is 0 Å². The maximum atomic E-state index is 13.0. The van der Waals surface area contributed by atoms with E-state index in [0.717, 1.165) is 37.6 Å². The highest BCUT2D eigenvalue weighted by Crippen LogP contribution is 2.32. The van der Waals surface area contributed by atoms with Gasteiger partial charge in [0.1, 0.15) is 5.82 Å². The Morgan fingerprint density at radius 3 is 2.14 bits per heavy atom. The van der Waals surface area contributed by atoms with Crippen LogP contribution in [0.4, 0.5) is 21.5 Å². The Bertz CT molecular complexity index is 602. The normalized spacial score (nSPS) is 15.3. The maximum absolute atomic E-state index is 13.0. The highest BCUT2D eigenvalue weighted by Gasteiger charge is 2.20. The monoisotopic (exact) mass is 305 g/mol. The molecule has 0 atom stereocenters. The van der Waals surface area contributed by atoms with Gasteiger partial charge in [-0.3, -0.25) is 0 Å². The Morgan fingerprint density at radius 1 is 0.905 bits per heavy atom. The fourth-order valence-corrected chi connectivity index (χ4v) is 3.01. The van der Waals surface area contributed by atoms with Gasteiger partial charge in [0, 0.05) is 31.9 Å². The molecule has 2 aromatic carbocycles. The van der Waals surface area contributed by atoms with Gasteiger partial charge in [-0.1, -0.05) is 17.7 Å². The van der Waals surface area contributed by atoms with Crippen molar-refractivity contribution in [3.8, 4) is 0 Å². The summed E-state index contributed by atoms with van der Waals surface area (Å²) >= 11 is 6.26. The van der Waals surface area contributed by atoms with E-state index in [1.165, 1.54) is 12.1 Å². The van der Waals surface area contributed by atoms with Crippen molar-refractivity contribution in [1.29, 1.82) is 0 Å². The molecule has 1 aliphatic rings. The van der Waals surface area contributed by atoms with E-state index >= 15 is 0 Å². The van der Waals surface area contributed by atoms with E-state index in [9.17, 15) is 4.39 Å². The molecule has 3 nitrogen and oxygen atoms in total. The standard InChI is InChI=1S/C16H17ClFN3/c17-14-2-1-3-15(19)16(14)21-10-8-20(9-11-21)13-6-4-12(18)5-7-13/h1-7H,8-11,19H2. The summed E-state index contributed by atoms with van der Waals surface area (Å²) in [4.78, 5) is 4.45. The average molecular weight is 306 g/mol. The van der Waals surface area contributed by atoms with E-state index in [-0.39, 0.29) is 5.82 Å². The van der Waals surface area contributed by atoms with E-state index in [4.69, 9.17) is 17.3 Å². The predicted octanol–water partition coefficient (Wildman–Crippen LogP) is 3.39. The number of benzene rings is 2. The van der Waals surface area contributed by atoms with Crippen molar-refractivity contribution in [3.63, 3.8) is 0 Å². The zero-order valence-corrected chi connectivity index (χ0v) is 12.4. The van der Waals surface area contributed by atoms with Gasteiger partial charge in [-0.2, -0.15) is 0 Å². The smallest absolute Gasteiger partial charge is 0.123 e. The van der Waals surface area contributed by atoms with Crippen LogP contribution in [0, 0.1) is 5.82 Å². The first kappa shape index (κ1) is 14.0. The molecule has 1 fully saturated rings. The second-order valence-corrected chi connectivity index (χ2v) is 5.54. The minimum Gasteiger partial charge on any atom is -0.397 e. The molecule has 21 heavy (non-hydrogen) atoms. The number of nitrogen functional groups attached to an aromatic ring is 1. The minimum atomic E-state index is -0.207. The molecular formula is C16H17ClFN3. The highest BCUT2D eigenvalue weighted by atomic mass is 35.5. The van der Waals surface area contributed by atoms with Gasteiger partial charge in [0.15, 0.2) is 0 Å². The molecule has 0 aromatic heterocycles. The molecule has 0 saturated carbocycles. The van der Waals surface area contributed by atoms with E-state index in [1.807, 2.05) is 30.3 Å². The largest absolute Gasteiger partial charge is 0.397 e. The van der Waals surface area contributed by atoms with E-state index in [0.29, 0.717) is 10.7 Å². The molecule has 1 aliphatic heterocycles. The Hall–Kier alpha value is -1.94. The lowest BCUT2D eigenvalue weighted by Crippen LogP contribution is -2.46. The molecule has 0 amide bonds. The second kappa shape index (κ2) is 5.82. The Morgan fingerprint density at radius 2 is 1.52 bits per heavy atom. The topological polar surface area (TPSA) is 32.5 Å². The number of hydrogen-bond acceptors (Lipinski definition) is 3. The van der Waals surface area contributed by atoms with E-state index in [1.54, 1.807) is 0 Å². The third kappa shape index (κ3) is 2.90. The van der Waals surface area contributed by atoms with Gasteiger partial charge >= 0.3 is 0 Å². The van der Waals surface area contributed by atoms with Crippen LogP contribution in [0.15, 0.2) is 42.5 Å². The van der Waals surface area contributed by atoms with Crippen LogP contribution in [-0.4, -0.2) is 26.2 Å². The lowest BCUT2D eigenvalue weighted by atomic mass is 10.2. The number of hydrogen-bond donors (Lipinski definition) is 1. The van der Waals surface area contributed by atoms with Crippen LogP contribution in [0.2, 0.25) is 5.02 Å². The summed E-state index contributed by atoms with van der Waals surface area (Å²) in [5.41, 5.74) is 8.70. The molecule has 2 aromatic rings. The molecular weight excluding hydrogens is 289 g/mol. The fraction of sp³-hybridized carbons (Fsp3) is 0.250. The van der Waals surface area contributed by atoms with Crippen molar-refractivity contribution in [2.75, 3.05) is 41.7 Å². The Balaban J connectivity index is 1.72. The van der Waals surface area contributed by atoms with Gasteiger partial charge in [-0.05, 0) is 36.4 Å². The summed E-state index contributed by atoms with van der Waals surface area (Å²) < 4.78 is 13.0. The number of para-hydroxylation sites is 1. The number of rotatable bonds is 2. The molecule has 2 N–H and O–H groups in total. The first-order valence-electron chi connectivity index (χ1n) is 6.94. The molecule has 0 unspecified atom stereocenters. The first-order valence-corrected chi connectivity index (χ1v) is 7.32. The second-order valence-electron chi connectivity index (χ2n) is 5.13. The molecule has 0 radical (unpaired) electrons. The Kier molecular flexibility index (Phi) is 3.88. The number of anilines is 3. The quantitative estimate of drug-likeness (QED) is 0.863. The minimum absolute atomic E-state index is 0.207. The summed E-state index contributed by atoms with van der Waals surface area (Å²) in [5.74, 6) is -0.207. The van der Waals surface area contributed by atoms with Gasteiger partial charge < -0.3 is 15.5 Å². The van der Waals surface area contributed by atoms with Gasteiger partial charge in [-0.15, -0.1) is 0 Å². The first-order chi connectivity index (χ1) is 10.1. The lowest BCUT2D eigenvalue weighted by molar-refractivity contribution is 0.625. The summed E-state index contributed by atoms with van der Waals surface area (Å²) in [6, 6.07) is 12.2. The maximum Gasteiger partial charge on any atom is 0.123 e. The van der Waals surface area contributed by atoms with Gasteiger partial charge in [0.05, 0.1) is 16.4 Å². The third-order valence-corrected chi connectivity index (χ3v) is 4.11. The molecule has 0 bridgehead atoms. The van der Waals surface area contributed by atoms with Gasteiger partial charge in [0.25, 0.3) is 0 Å². The van der Waals surface area contributed by atoms with E-state index < -0.39 is 0 Å². The zero-order chi connectivity index (χ0) is 14.8. The van der Waals surface area contributed by atoms with Crippen molar-refractivity contribution in [2.45, 2.75) is 0 Å². The third-order valence-electron chi connectivity index (χ3n) is 3.81. The summed E-state index contributed by atoms with van der Waals surface area (Å²) in [7, 11) is 0. The molecule has 1 heterocycles. The molecule has 1 saturated heterocycles. The molecule has 0 spiro atoms. The zero-order valence-electron chi connectivity index (χ0n) is 11.6. The van der Waals surface area contributed by atoms with Crippen molar-refractivity contribution >= 4 is 28.7 Å². The van der Waals surface area contributed by atoms with Crippen LogP contribution in [0.5, 0.6) is 0 Å². The average Bonchev–Trinajstić information content (AvgIpc) is 2.49. The lowest BCUT2D eigenvalue weighted by Gasteiger charge is -2.38. The number of nitrogens with two attached hydrogens (primary N) is 1. The number of piperazine rings is 1. The molecule has 3 rings (SSSR count). The molecule has 110 valence electrons. The van der Waals surface area contributed by atoms with E-state index in [2.05, 4.69) is 9.80 Å². The molecule has 0 aliphatic carbocycles. The highest BCUT2D eigenvalue weighted by molar-refractivity contribution is 6.34. The van der Waals surface area contributed by atoms with Crippen LogP contribution in [-0.2, 0) is 0 Å². The van der Waals surface area contributed by atoms with Crippen molar-refractivity contribution in [1.82, 2.24) is 0 Å².